The molecule has 1 aromatic heterocycles. The molecular formula is C15H24N2. The quantitative estimate of drug-likeness (QED) is 0.786. The zero-order valence-corrected chi connectivity index (χ0v) is 11.2. The Hall–Kier alpha value is -0.890. The molecule has 94 valence electrons. The van der Waals surface area contributed by atoms with E-state index in [1.807, 2.05) is 12.3 Å². The number of likely N-dealkylation sites (tertiary alicyclic amines) is 1. The van der Waals surface area contributed by atoms with Crippen LogP contribution in [-0.4, -0.2) is 23.0 Å². The zero-order valence-electron chi connectivity index (χ0n) is 11.2. The molecule has 1 aliphatic rings. The maximum atomic E-state index is 4.62. The lowest BCUT2D eigenvalue weighted by molar-refractivity contribution is 0.143. The number of aromatic nitrogens is 1. The van der Waals surface area contributed by atoms with Gasteiger partial charge in [-0.3, -0.25) is 9.88 Å². The van der Waals surface area contributed by atoms with Gasteiger partial charge in [0.15, 0.2) is 0 Å². The molecule has 1 aliphatic heterocycles. The van der Waals surface area contributed by atoms with Gasteiger partial charge in [-0.15, -0.1) is 0 Å². The first-order chi connectivity index (χ1) is 8.33. The highest BCUT2D eigenvalue weighted by molar-refractivity contribution is 5.21. The molecule has 0 spiro atoms. The van der Waals surface area contributed by atoms with Crippen LogP contribution in [0, 0.1) is 6.92 Å². The number of hydrogen-bond acceptors (Lipinski definition) is 2. The van der Waals surface area contributed by atoms with Crippen LogP contribution in [0.25, 0.3) is 0 Å². The van der Waals surface area contributed by atoms with Crippen LogP contribution in [0.5, 0.6) is 0 Å². The highest BCUT2D eigenvalue weighted by Crippen LogP contribution is 2.31. The maximum Gasteiger partial charge on any atom is 0.0604 e. The number of pyridine rings is 1. The van der Waals surface area contributed by atoms with E-state index >= 15 is 0 Å². The van der Waals surface area contributed by atoms with Crippen molar-refractivity contribution in [2.24, 2.45) is 0 Å². The standard InChI is InChI=1S/C15H24N2/c1-3-4-11-17-12-6-5-9-14(17)15-13(2)8-7-10-16-15/h7-8,10,14H,3-6,9,11-12H2,1-2H3. The number of hydrogen-bond donors (Lipinski definition) is 0. The Morgan fingerprint density at radius 2 is 2.29 bits per heavy atom. The molecule has 2 rings (SSSR count). The molecular weight excluding hydrogens is 208 g/mol. The minimum atomic E-state index is 0.566. The number of piperidine rings is 1. The van der Waals surface area contributed by atoms with Gasteiger partial charge in [0.2, 0.25) is 0 Å². The average Bonchev–Trinajstić information content (AvgIpc) is 2.37. The van der Waals surface area contributed by atoms with Gasteiger partial charge in [0.25, 0.3) is 0 Å². The lowest BCUT2D eigenvalue weighted by Gasteiger charge is -2.36. The number of rotatable bonds is 4. The molecule has 0 radical (unpaired) electrons. The summed E-state index contributed by atoms with van der Waals surface area (Å²) in [6.45, 7) is 6.94. The second-order valence-electron chi connectivity index (χ2n) is 5.11. The second-order valence-corrected chi connectivity index (χ2v) is 5.11. The Kier molecular flexibility index (Phi) is 4.55. The van der Waals surface area contributed by atoms with E-state index in [2.05, 4.69) is 29.8 Å². The summed E-state index contributed by atoms with van der Waals surface area (Å²) in [5.41, 5.74) is 2.66. The summed E-state index contributed by atoms with van der Waals surface area (Å²) >= 11 is 0. The molecule has 0 aliphatic carbocycles. The van der Waals surface area contributed by atoms with Gasteiger partial charge in [0.05, 0.1) is 11.7 Å². The molecule has 2 heterocycles. The molecule has 2 nitrogen and oxygen atoms in total. The number of unbranched alkanes of at least 4 members (excludes halogenated alkanes) is 1. The van der Waals surface area contributed by atoms with E-state index in [1.165, 1.54) is 56.5 Å². The van der Waals surface area contributed by atoms with Crippen LogP contribution in [0.3, 0.4) is 0 Å². The lowest BCUT2D eigenvalue weighted by atomic mass is 9.96. The van der Waals surface area contributed by atoms with Crippen LogP contribution in [0.4, 0.5) is 0 Å². The Morgan fingerprint density at radius 3 is 3.06 bits per heavy atom. The molecule has 2 heteroatoms. The van der Waals surface area contributed by atoms with Gasteiger partial charge in [0, 0.05) is 6.20 Å². The highest BCUT2D eigenvalue weighted by Gasteiger charge is 2.25. The molecule has 1 aromatic rings. The first-order valence-corrected chi connectivity index (χ1v) is 6.98. The van der Waals surface area contributed by atoms with E-state index in [0.717, 1.165) is 0 Å². The van der Waals surface area contributed by atoms with Crippen molar-refractivity contribution in [1.82, 2.24) is 9.88 Å². The molecule has 1 saturated heterocycles. The molecule has 0 bridgehead atoms. The third-order valence-corrected chi connectivity index (χ3v) is 3.78. The fourth-order valence-corrected chi connectivity index (χ4v) is 2.78. The summed E-state index contributed by atoms with van der Waals surface area (Å²) in [7, 11) is 0. The molecule has 1 unspecified atom stereocenters. The summed E-state index contributed by atoms with van der Waals surface area (Å²) in [6.07, 6.45) is 8.51. The van der Waals surface area contributed by atoms with Crippen molar-refractivity contribution in [2.75, 3.05) is 13.1 Å². The molecule has 0 aromatic carbocycles. The van der Waals surface area contributed by atoms with Gasteiger partial charge in [-0.2, -0.15) is 0 Å². The highest BCUT2D eigenvalue weighted by atomic mass is 15.2. The van der Waals surface area contributed by atoms with Crippen molar-refractivity contribution < 1.29 is 0 Å². The van der Waals surface area contributed by atoms with Crippen LogP contribution in [-0.2, 0) is 0 Å². The van der Waals surface area contributed by atoms with Crippen molar-refractivity contribution in [3.8, 4) is 0 Å². The molecule has 0 saturated carbocycles. The minimum Gasteiger partial charge on any atom is -0.295 e. The molecule has 1 atom stereocenters. The monoisotopic (exact) mass is 232 g/mol. The fourth-order valence-electron chi connectivity index (χ4n) is 2.78. The largest absolute Gasteiger partial charge is 0.295 e. The molecule has 0 amide bonds. The van der Waals surface area contributed by atoms with Crippen molar-refractivity contribution in [2.45, 2.75) is 52.0 Å². The van der Waals surface area contributed by atoms with E-state index in [4.69, 9.17) is 0 Å². The predicted octanol–water partition coefficient (Wildman–Crippen LogP) is 3.72. The summed E-state index contributed by atoms with van der Waals surface area (Å²) < 4.78 is 0. The first kappa shape index (κ1) is 12.6. The van der Waals surface area contributed by atoms with E-state index in [-0.39, 0.29) is 0 Å². The summed E-state index contributed by atoms with van der Waals surface area (Å²) in [6, 6.07) is 4.80. The third-order valence-electron chi connectivity index (χ3n) is 3.78. The topological polar surface area (TPSA) is 16.1 Å². The third kappa shape index (κ3) is 3.06. The van der Waals surface area contributed by atoms with E-state index in [0.29, 0.717) is 6.04 Å². The zero-order chi connectivity index (χ0) is 12.1. The Balaban J connectivity index is 2.13. The van der Waals surface area contributed by atoms with Crippen molar-refractivity contribution in [3.63, 3.8) is 0 Å². The fraction of sp³-hybridized carbons (Fsp3) is 0.667. The number of aryl methyl sites for hydroxylation is 1. The van der Waals surface area contributed by atoms with Gasteiger partial charge in [-0.05, 0) is 50.9 Å². The van der Waals surface area contributed by atoms with Gasteiger partial charge < -0.3 is 0 Å². The van der Waals surface area contributed by atoms with E-state index in [9.17, 15) is 0 Å². The maximum absolute atomic E-state index is 4.62. The number of nitrogens with zero attached hydrogens (tertiary/aromatic N) is 2. The smallest absolute Gasteiger partial charge is 0.0604 e. The van der Waals surface area contributed by atoms with Crippen molar-refractivity contribution in [1.29, 1.82) is 0 Å². The Morgan fingerprint density at radius 1 is 1.41 bits per heavy atom. The average molecular weight is 232 g/mol. The van der Waals surface area contributed by atoms with E-state index in [1.54, 1.807) is 0 Å². The SMILES string of the molecule is CCCCN1CCCCC1c1ncccc1C. The normalized spacial score (nSPS) is 21.6. The molecule has 17 heavy (non-hydrogen) atoms. The van der Waals surface area contributed by atoms with Crippen molar-refractivity contribution in [3.05, 3.63) is 29.6 Å². The molecule has 0 N–H and O–H groups in total. The summed E-state index contributed by atoms with van der Waals surface area (Å²) in [5, 5.41) is 0. The Bertz CT molecular complexity index is 349. The van der Waals surface area contributed by atoms with Gasteiger partial charge in [-0.25, -0.2) is 0 Å². The van der Waals surface area contributed by atoms with Crippen molar-refractivity contribution >= 4 is 0 Å². The summed E-state index contributed by atoms with van der Waals surface area (Å²) in [5.74, 6) is 0. The van der Waals surface area contributed by atoms with Crippen LogP contribution in [0.1, 0.15) is 56.3 Å². The van der Waals surface area contributed by atoms with Gasteiger partial charge in [0.1, 0.15) is 0 Å². The lowest BCUT2D eigenvalue weighted by Crippen LogP contribution is -2.35. The van der Waals surface area contributed by atoms with Gasteiger partial charge in [-0.1, -0.05) is 25.8 Å². The first-order valence-electron chi connectivity index (χ1n) is 6.98. The predicted molar refractivity (Wildman–Crippen MR) is 72.0 cm³/mol. The van der Waals surface area contributed by atoms with Crippen LogP contribution < -0.4 is 0 Å². The van der Waals surface area contributed by atoms with Gasteiger partial charge >= 0.3 is 0 Å². The van der Waals surface area contributed by atoms with Crippen LogP contribution in [0.15, 0.2) is 18.3 Å². The minimum absolute atomic E-state index is 0.566. The van der Waals surface area contributed by atoms with Crippen LogP contribution >= 0.6 is 0 Å². The van der Waals surface area contributed by atoms with E-state index < -0.39 is 0 Å². The van der Waals surface area contributed by atoms with Crippen LogP contribution in [0.2, 0.25) is 0 Å². The summed E-state index contributed by atoms with van der Waals surface area (Å²) in [4.78, 5) is 7.26. The molecule has 1 fully saturated rings. The second kappa shape index (κ2) is 6.15. The Labute approximate surface area is 105 Å².